The average Bonchev–Trinajstić information content (AvgIpc) is 2.72. The van der Waals surface area contributed by atoms with Gasteiger partial charge in [0.2, 0.25) is 0 Å². The molecule has 0 aliphatic carbocycles. The Balaban J connectivity index is 0.00000450. The smallest absolute Gasteiger partial charge is 0.387 e. The SMILES string of the molecule is CN=C(NCCc1ccc(OC)c(OC(F)F)c1)NCCc1ccccc1OC.I. The Morgan fingerprint density at radius 1 is 0.933 bits per heavy atom. The van der Waals surface area contributed by atoms with E-state index >= 15 is 0 Å². The summed E-state index contributed by atoms with van der Waals surface area (Å²) in [6.07, 6.45) is 1.40. The zero-order chi connectivity index (χ0) is 21.1. The standard InChI is InChI=1S/C21H27F2N3O3.HI/c1-24-21(26-13-11-16-6-4-5-7-17(16)27-2)25-12-10-15-8-9-18(28-3)19(14-15)29-20(22)23;/h4-9,14,20H,10-13H2,1-3H3,(H2,24,25,26);1H. The Morgan fingerprint density at radius 2 is 1.60 bits per heavy atom. The minimum atomic E-state index is -2.90. The van der Waals surface area contributed by atoms with Crippen molar-refractivity contribution in [1.29, 1.82) is 0 Å². The molecule has 0 aromatic heterocycles. The fraction of sp³-hybridized carbons (Fsp3) is 0.381. The lowest BCUT2D eigenvalue weighted by atomic mass is 10.1. The zero-order valence-electron chi connectivity index (χ0n) is 17.3. The molecular formula is C21H28F2IN3O3. The number of rotatable bonds is 10. The maximum Gasteiger partial charge on any atom is 0.387 e. The van der Waals surface area contributed by atoms with Crippen LogP contribution in [0.4, 0.5) is 8.78 Å². The van der Waals surface area contributed by atoms with E-state index in [2.05, 4.69) is 20.4 Å². The molecule has 2 N–H and O–H groups in total. The van der Waals surface area contributed by atoms with Gasteiger partial charge in [-0.25, -0.2) is 0 Å². The lowest BCUT2D eigenvalue weighted by molar-refractivity contribution is -0.0512. The second kappa shape index (κ2) is 13.8. The number of aliphatic imine (C=N–C) groups is 1. The molecule has 2 aromatic carbocycles. The van der Waals surface area contributed by atoms with Gasteiger partial charge in [0.15, 0.2) is 17.5 Å². The second-order valence-corrected chi connectivity index (χ2v) is 6.10. The normalized spacial score (nSPS) is 10.9. The van der Waals surface area contributed by atoms with Gasteiger partial charge in [-0.15, -0.1) is 24.0 Å². The van der Waals surface area contributed by atoms with Crippen molar-refractivity contribution in [1.82, 2.24) is 10.6 Å². The first-order valence-electron chi connectivity index (χ1n) is 9.25. The summed E-state index contributed by atoms with van der Waals surface area (Å²) in [7, 11) is 4.76. The first-order valence-corrected chi connectivity index (χ1v) is 9.25. The van der Waals surface area contributed by atoms with Gasteiger partial charge in [-0.1, -0.05) is 24.3 Å². The maximum absolute atomic E-state index is 12.5. The molecule has 0 fully saturated rings. The molecule has 0 saturated heterocycles. The third kappa shape index (κ3) is 8.21. The third-order valence-corrected chi connectivity index (χ3v) is 4.25. The third-order valence-electron chi connectivity index (χ3n) is 4.25. The fourth-order valence-corrected chi connectivity index (χ4v) is 2.84. The summed E-state index contributed by atoms with van der Waals surface area (Å²) >= 11 is 0. The van der Waals surface area contributed by atoms with Gasteiger partial charge >= 0.3 is 6.61 Å². The summed E-state index contributed by atoms with van der Waals surface area (Å²) in [6, 6.07) is 12.9. The molecule has 6 nitrogen and oxygen atoms in total. The van der Waals surface area contributed by atoms with Crippen molar-refractivity contribution < 1.29 is 23.0 Å². The van der Waals surface area contributed by atoms with E-state index in [9.17, 15) is 8.78 Å². The monoisotopic (exact) mass is 535 g/mol. The van der Waals surface area contributed by atoms with Crippen LogP contribution < -0.4 is 24.8 Å². The molecule has 0 aliphatic heterocycles. The Labute approximate surface area is 193 Å². The van der Waals surface area contributed by atoms with Crippen LogP contribution in [-0.4, -0.2) is 46.9 Å². The number of alkyl halides is 2. The van der Waals surface area contributed by atoms with Crippen LogP contribution in [0, 0.1) is 0 Å². The highest BCUT2D eigenvalue weighted by atomic mass is 127. The molecular weight excluding hydrogens is 507 g/mol. The molecule has 30 heavy (non-hydrogen) atoms. The first kappa shape index (κ1) is 25.7. The molecule has 0 heterocycles. The van der Waals surface area contributed by atoms with Crippen molar-refractivity contribution in [3.8, 4) is 17.2 Å². The second-order valence-electron chi connectivity index (χ2n) is 6.10. The molecule has 0 aliphatic rings. The van der Waals surface area contributed by atoms with Crippen molar-refractivity contribution >= 4 is 29.9 Å². The number of nitrogens with zero attached hydrogens (tertiary/aromatic N) is 1. The van der Waals surface area contributed by atoms with Gasteiger partial charge in [-0.05, 0) is 42.2 Å². The van der Waals surface area contributed by atoms with Gasteiger partial charge in [0.1, 0.15) is 5.75 Å². The van der Waals surface area contributed by atoms with Crippen LogP contribution >= 0.6 is 24.0 Å². The molecule has 0 bridgehead atoms. The predicted molar refractivity (Wildman–Crippen MR) is 125 cm³/mol. The molecule has 0 radical (unpaired) electrons. The number of halogens is 3. The van der Waals surface area contributed by atoms with Gasteiger partial charge in [-0.3, -0.25) is 4.99 Å². The summed E-state index contributed by atoms with van der Waals surface area (Å²) in [6.45, 7) is -1.63. The van der Waals surface area contributed by atoms with Gasteiger partial charge in [0.05, 0.1) is 14.2 Å². The van der Waals surface area contributed by atoms with Gasteiger partial charge in [0, 0.05) is 20.1 Å². The number of nitrogens with one attached hydrogen (secondary N) is 2. The van der Waals surface area contributed by atoms with Gasteiger partial charge < -0.3 is 24.8 Å². The molecule has 0 saturated carbocycles. The fourth-order valence-electron chi connectivity index (χ4n) is 2.84. The van der Waals surface area contributed by atoms with Crippen LogP contribution in [0.3, 0.4) is 0 Å². The Hall–Kier alpha value is -2.30. The van der Waals surface area contributed by atoms with Gasteiger partial charge in [0.25, 0.3) is 0 Å². The lowest BCUT2D eigenvalue weighted by Gasteiger charge is -2.14. The van der Waals surface area contributed by atoms with Crippen LogP contribution in [0.25, 0.3) is 0 Å². The van der Waals surface area contributed by atoms with Gasteiger partial charge in [-0.2, -0.15) is 8.78 Å². The Kier molecular flexibility index (Phi) is 11.9. The highest BCUT2D eigenvalue weighted by Crippen LogP contribution is 2.29. The lowest BCUT2D eigenvalue weighted by Crippen LogP contribution is -2.39. The number of ether oxygens (including phenoxy) is 3. The Bertz CT molecular complexity index is 807. The summed E-state index contributed by atoms with van der Waals surface area (Å²) in [5, 5.41) is 6.46. The molecule has 9 heteroatoms. The largest absolute Gasteiger partial charge is 0.496 e. The summed E-state index contributed by atoms with van der Waals surface area (Å²) < 4.78 is 40.0. The van der Waals surface area contributed by atoms with E-state index in [-0.39, 0.29) is 35.5 Å². The highest BCUT2D eigenvalue weighted by molar-refractivity contribution is 14.0. The Morgan fingerprint density at radius 3 is 2.23 bits per heavy atom. The number of hydrogen-bond acceptors (Lipinski definition) is 4. The highest BCUT2D eigenvalue weighted by Gasteiger charge is 2.11. The van der Waals surface area contributed by atoms with E-state index < -0.39 is 6.61 Å². The molecule has 0 atom stereocenters. The molecule has 166 valence electrons. The van der Waals surface area contributed by atoms with Crippen LogP contribution in [-0.2, 0) is 12.8 Å². The quantitative estimate of drug-likeness (QED) is 0.275. The van der Waals surface area contributed by atoms with Crippen molar-refractivity contribution in [2.45, 2.75) is 19.5 Å². The van der Waals surface area contributed by atoms with Crippen molar-refractivity contribution in [3.63, 3.8) is 0 Å². The van der Waals surface area contributed by atoms with E-state index in [0.29, 0.717) is 25.5 Å². The van der Waals surface area contributed by atoms with E-state index in [1.54, 1.807) is 26.3 Å². The van der Waals surface area contributed by atoms with Crippen LogP contribution in [0.5, 0.6) is 17.2 Å². The van der Waals surface area contributed by atoms with E-state index in [0.717, 1.165) is 23.3 Å². The van der Waals surface area contributed by atoms with Crippen LogP contribution in [0.1, 0.15) is 11.1 Å². The van der Waals surface area contributed by atoms with E-state index in [1.807, 2.05) is 30.3 Å². The summed E-state index contributed by atoms with van der Waals surface area (Å²) in [4.78, 5) is 4.20. The summed E-state index contributed by atoms with van der Waals surface area (Å²) in [5.74, 6) is 1.83. The predicted octanol–water partition coefficient (Wildman–Crippen LogP) is 3.87. The molecule has 0 amide bonds. The number of hydrogen-bond donors (Lipinski definition) is 2. The summed E-state index contributed by atoms with van der Waals surface area (Å²) in [5.41, 5.74) is 1.96. The van der Waals surface area contributed by atoms with Crippen LogP contribution in [0.15, 0.2) is 47.5 Å². The molecule has 0 unspecified atom stereocenters. The minimum Gasteiger partial charge on any atom is -0.496 e. The molecule has 2 rings (SSSR count). The van der Waals surface area contributed by atoms with Crippen molar-refractivity contribution in [3.05, 3.63) is 53.6 Å². The average molecular weight is 535 g/mol. The maximum atomic E-state index is 12.5. The number of methoxy groups -OCH3 is 2. The van der Waals surface area contributed by atoms with E-state index in [4.69, 9.17) is 9.47 Å². The number of benzene rings is 2. The number of guanidine groups is 1. The zero-order valence-corrected chi connectivity index (χ0v) is 19.6. The number of para-hydroxylation sites is 1. The molecule has 0 spiro atoms. The minimum absolute atomic E-state index is 0. The van der Waals surface area contributed by atoms with E-state index in [1.165, 1.54) is 7.11 Å². The van der Waals surface area contributed by atoms with Crippen molar-refractivity contribution in [2.24, 2.45) is 4.99 Å². The van der Waals surface area contributed by atoms with Crippen LogP contribution in [0.2, 0.25) is 0 Å². The topological polar surface area (TPSA) is 64.1 Å². The molecule has 2 aromatic rings. The van der Waals surface area contributed by atoms with Crippen molar-refractivity contribution in [2.75, 3.05) is 34.4 Å². The first-order chi connectivity index (χ1) is 14.1.